The molecule has 11 nitrogen and oxygen atoms in total. The maximum absolute atomic E-state index is 11.5. The Bertz CT molecular complexity index is 1070. The summed E-state index contributed by atoms with van der Waals surface area (Å²) in [6, 6.07) is 11.2. The van der Waals surface area contributed by atoms with Gasteiger partial charge in [-0.2, -0.15) is 0 Å². The van der Waals surface area contributed by atoms with Gasteiger partial charge in [0.05, 0.1) is 31.0 Å². The number of carboxylic acid groups (broad SMARTS) is 3. The maximum atomic E-state index is 11.5. The van der Waals surface area contributed by atoms with Crippen molar-refractivity contribution < 1.29 is 34.4 Å². The number of rotatable bonds is 9. The predicted octanol–water partition coefficient (Wildman–Crippen LogP) is 1.60. The number of aromatic nitrogens is 1. The summed E-state index contributed by atoms with van der Waals surface area (Å²) in [5.41, 5.74) is 2.09. The third-order valence-corrected chi connectivity index (χ3v) is 6.13. The number of benzene rings is 1. The van der Waals surface area contributed by atoms with Crippen molar-refractivity contribution in [2.45, 2.75) is 19.7 Å². The summed E-state index contributed by atoms with van der Waals surface area (Å²) in [6.07, 6.45) is 0. The van der Waals surface area contributed by atoms with Gasteiger partial charge in [-0.3, -0.25) is 34.1 Å². The molecule has 1 aliphatic heterocycles. The standard InChI is InChI=1S/C24H29BrN4O7/c25-18-3-1-17(2-4-18)16-36-21-6-5-19-11-28(14-23(32)33)9-7-27(13-22(30)31)8-10-29(15-24(34)35)12-20(21)26-19/h1-6H,7-16H2,(H,30,31)(H,32,33)(H,34,35). The van der Waals surface area contributed by atoms with E-state index >= 15 is 0 Å². The Balaban J connectivity index is 1.89. The fourth-order valence-corrected chi connectivity index (χ4v) is 4.15. The lowest BCUT2D eigenvalue weighted by atomic mass is 10.2. The van der Waals surface area contributed by atoms with Crippen molar-refractivity contribution in [1.82, 2.24) is 19.7 Å². The lowest BCUT2D eigenvalue weighted by molar-refractivity contribution is -0.140. The van der Waals surface area contributed by atoms with Crippen molar-refractivity contribution >= 4 is 33.8 Å². The highest BCUT2D eigenvalue weighted by molar-refractivity contribution is 9.10. The molecule has 36 heavy (non-hydrogen) atoms. The molecule has 0 unspecified atom stereocenters. The van der Waals surface area contributed by atoms with Gasteiger partial charge < -0.3 is 20.1 Å². The molecule has 1 aromatic heterocycles. The number of aliphatic carboxylic acids is 3. The first-order chi connectivity index (χ1) is 17.2. The number of hydrogen-bond donors (Lipinski definition) is 3. The molecule has 1 aromatic carbocycles. The number of fused-ring (bicyclic) bond motifs is 2. The quantitative estimate of drug-likeness (QED) is 0.408. The Hall–Kier alpha value is -3.06. The maximum Gasteiger partial charge on any atom is 0.317 e. The van der Waals surface area contributed by atoms with Gasteiger partial charge in [0, 0.05) is 43.7 Å². The van der Waals surface area contributed by atoms with Crippen LogP contribution in [0.1, 0.15) is 17.0 Å². The van der Waals surface area contributed by atoms with E-state index in [1.165, 1.54) is 0 Å². The van der Waals surface area contributed by atoms with Crippen LogP contribution in [-0.2, 0) is 34.1 Å². The van der Waals surface area contributed by atoms with Crippen LogP contribution in [0.15, 0.2) is 40.9 Å². The van der Waals surface area contributed by atoms with Crippen LogP contribution < -0.4 is 4.74 Å². The van der Waals surface area contributed by atoms with Crippen LogP contribution in [-0.4, -0.2) is 98.7 Å². The second kappa shape index (κ2) is 13.3. The monoisotopic (exact) mass is 564 g/mol. The molecule has 2 heterocycles. The number of pyridine rings is 1. The molecule has 2 bridgehead atoms. The van der Waals surface area contributed by atoms with E-state index in [2.05, 4.69) is 15.9 Å². The van der Waals surface area contributed by atoms with Crippen molar-refractivity contribution in [2.24, 2.45) is 0 Å². The second-order valence-electron chi connectivity index (χ2n) is 8.54. The summed E-state index contributed by atoms with van der Waals surface area (Å²) in [4.78, 5) is 44.1. The summed E-state index contributed by atoms with van der Waals surface area (Å²) in [6.45, 7) is 1.24. The van der Waals surface area contributed by atoms with E-state index in [1.807, 2.05) is 24.3 Å². The largest absolute Gasteiger partial charge is 0.487 e. The van der Waals surface area contributed by atoms with Crippen LogP contribution in [0.3, 0.4) is 0 Å². The fraction of sp³-hybridized carbons (Fsp3) is 0.417. The smallest absolute Gasteiger partial charge is 0.317 e. The Morgan fingerprint density at radius 1 is 0.778 bits per heavy atom. The molecule has 3 N–H and O–H groups in total. The molecule has 1 aliphatic rings. The van der Waals surface area contributed by atoms with Gasteiger partial charge in [-0.15, -0.1) is 0 Å². The SMILES string of the molecule is O=C(O)CN1CCN(CC(=O)O)Cc2ccc(OCc3ccc(Br)cc3)c(n2)CN(CC(=O)O)CC1. The van der Waals surface area contributed by atoms with Crippen molar-refractivity contribution in [1.29, 1.82) is 0 Å². The first-order valence-electron chi connectivity index (χ1n) is 11.4. The minimum Gasteiger partial charge on any atom is -0.487 e. The molecule has 2 aromatic rings. The highest BCUT2D eigenvalue weighted by Crippen LogP contribution is 2.22. The molecule has 0 saturated carbocycles. The van der Waals surface area contributed by atoms with Gasteiger partial charge in [0.25, 0.3) is 0 Å². The number of halogens is 1. The third-order valence-electron chi connectivity index (χ3n) is 5.60. The molecule has 194 valence electrons. The van der Waals surface area contributed by atoms with Crippen LogP contribution in [0.4, 0.5) is 0 Å². The number of ether oxygens (including phenoxy) is 1. The molecule has 3 rings (SSSR count). The van der Waals surface area contributed by atoms with Crippen molar-refractivity contribution in [2.75, 3.05) is 45.8 Å². The van der Waals surface area contributed by atoms with E-state index in [0.717, 1.165) is 10.0 Å². The molecule has 0 atom stereocenters. The van der Waals surface area contributed by atoms with E-state index in [-0.39, 0.29) is 45.9 Å². The summed E-state index contributed by atoms with van der Waals surface area (Å²) in [7, 11) is 0. The van der Waals surface area contributed by atoms with Crippen LogP contribution >= 0.6 is 15.9 Å². The Labute approximate surface area is 217 Å². The number of hydrogen-bond acceptors (Lipinski definition) is 8. The number of carboxylic acids is 3. The topological polar surface area (TPSA) is 144 Å². The Kier molecular flexibility index (Phi) is 10.2. The molecule has 0 spiro atoms. The van der Waals surface area contributed by atoms with Gasteiger partial charge in [0.2, 0.25) is 0 Å². The van der Waals surface area contributed by atoms with E-state index < -0.39 is 17.9 Å². The summed E-state index contributed by atoms with van der Waals surface area (Å²) in [5.74, 6) is -2.50. The lowest BCUT2D eigenvalue weighted by Crippen LogP contribution is -2.44. The van der Waals surface area contributed by atoms with Crippen molar-refractivity contribution in [3.8, 4) is 5.75 Å². The van der Waals surface area contributed by atoms with Crippen LogP contribution in [0, 0.1) is 0 Å². The van der Waals surface area contributed by atoms with Gasteiger partial charge in [-0.1, -0.05) is 28.1 Å². The average Bonchev–Trinajstić information content (AvgIpc) is 2.79. The zero-order valence-electron chi connectivity index (χ0n) is 19.7. The lowest BCUT2D eigenvalue weighted by Gasteiger charge is -2.29. The first kappa shape index (κ1) is 27.5. The molecule has 0 saturated heterocycles. The van der Waals surface area contributed by atoms with Crippen LogP contribution in [0.25, 0.3) is 0 Å². The minimum absolute atomic E-state index is 0.176. The van der Waals surface area contributed by atoms with Gasteiger partial charge >= 0.3 is 17.9 Å². The molecule has 0 amide bonds. The van der Waals surface area contributed by atoms with Crippen LogP contribution in [0.5, 0.6) is 5.75 Å². The van der Waals surface area contributed by atoms with Gasteiger partial charge in [0.15, 0.2) is 0 Å². The van der Waals surface area contributed by atoms with E-state index in [9.17, 15) is 29.7 Å². The first-order valence-corrected chi connectivity index (χ1v) is 12.2. The summed E-state index contributed by atoms with van der Waals surface area (Å²) in [5, 5.41) is 28.1. The Morgan fingerprint density at radius 3 is 1.89 bits per heavy atom. The number of nitrogens with zero attached hydrogens (tertiary/aromatic N) is 4. The van der Waals surface area contributed by atoms with E-state index in [0.29, 0.717) is 36.8 Å². The fourth-order valence-electron chi connectivity index (χ4n) is 3.89. The van der Waals surface area contributed by atoms with Gasteiger partial charge in [-0.05, 0) is 29.8 Å². The molecule has 0 radical (unpaired) electrons. The number of carbonyl (C=O) groups is 3. The molecule has 0 fully saturated rings. The predicted molar refractivity (Wildman–Crippen MR) is 133 cm³/mol. The normalized spacial score (nSPS) is 16.0. The Morgan fingerprint density at radius 2 is 1.31 bits per heavy atom. The van der Waals surface area contributed by atoms with Crippen molar-refractivity contribution in [3.63, 3.8) is 0 Å². The average molecular weight is 565 g/mol. The van der Waals surface area contributed by atoms with Crippen molar-refractivity contribution in [3.05, 3.63) is 57.8 Å². The second-order valence-corrected chi connectivity index (χ2v) is 9.46. The summed E-state index contributed by atoms with van der Waals surface area (Å²) < 4.78 is 6.99. The van der Waals surface area contributed by atoms with E-state index in [1.54, 1.807) is 26.8 Å². The zero-order chi connectivity index (χ0) is 26.1. The highest BCUT2D eigenvalue weighted by atomic mass is 79.9. The minimum atomic E-state index is -1.01. The van der Waals surface area contributed by atoms with Gasteiger partial charge in [-0.25, -0.2) is 0 Å². The zero-order valence-corrected chi connectivity index (χ0v) is 21.3. The molecular weight excluding hydrogens is 536 g/mol. The third kappa shape index (κ3) is 9.19. The van der Waals surface area contributed by atoms with Gasteiger partial charge in [0.1, 0.15) is 12.4 Å². The summed E-state index contributed by atoms with van der Waals surface area (Å²) >= 11 is 3.40. The highest BCUT2D eigenvalue weighted by Gasteiger charge is 2.21. The van der Waals surface area contributed by atoms with E-state index in [4.69, 9.17) is 9.72 Å². The molecule has 0 aliphatic carbocycles. The molecule has 12 heteroatoms. The van der Waals surface area contributed by atoms with Crippen LogP contribution in [0.2, 0.25) is 0 Å². The molecular formula is C24H29BrN4O7.